The molecule has 0 spiro atoms. The number of anilines is 2. The third-order valence-corrected chi connectivity index (χ3v) is 5.94. The van der Waals surface area contributed by atoms with E-state index in [1.54, 1.807) is 25.4 Å². The average Bonchev–Trinajstić information content (AvgIpc) is 3.24. The number of carbonyl (C=O) groups is 2. The Morgan fingerprint density at radius 3 is 2.71 bits per heavy atom. The number of piperidine rings is 1. The maximum atomic E-state index is 13.0. The Morgan fingerprint density at radius 1 is 1.19 bits per heavy atom. The number of thiazole rings is 1. The molecule has 9 heteroatoms. The van der Waals surface area contributed by atoms with Crippen molar-refractivity contribution in [2.45, 2.75) is 19.8 Å². The van der Waals surface area contributed by atoms with Crippen LogP contribution in [0.4, 0.5) is 11.1 Å². The highest BCUT2D eigenvalue weighted by Gasteiger charge is 2.29. The fourth-order valence-electron chi connectivity index (χ4n) is 3.54. The second-order valence-electron chi connectivity index (χ2n) is 7.11. The van der Waals surface area contributed by atoms with Crippen LogP contribution in [0.2, 0.25) is 0 Å². The molecule has 4 rings (SSSR count). The molecular weight excluding hydrogens is 414 g/mol. The van der Waals surface area contributed by atoms with Gasteiger partial charge >= 0.3 is 5.97 Å². The SMILES string of the molecule is CCOC(=O)c1sc(NC(=O)C2CCCN(c3ncccn3)C2)nc1-c1ccccc1. The number of benzene rings is 1. The van der Waals surface area contributed by atoms with Crippen LogP contribution in [0.15, 0.2) is 48.8 Å². The first-order valence-electron chi connectivity index (χ1n) is 10.2. The highest BCUT2D eigenvalue weighted by atomic mass is 32.1. The van der Waals surface area contributed by atoms with Crippen molar-refractivity contribution in [1.29, 1.82) is 0 Å². The number of ether oxygens (including phenoxy) is 1. The molecule has 8 nitrogen and oxygen atoms in total. The molecular formula is C22H23N5O3S. The number of hydrogen-bond donors (Lipinski definition) is 1. The molecule has 1 aromatic carbocycles. The van der Waals surface area contributed by atoms with E-state index < -0.39 is 5.97 Å². The molecule has 1 fully saturated rings. The van der Waals surface area contributed by atoms with Gasteiger partial charge in [-0.3, -0.25) is 4.79 Å². The van der Waals surface area contributed by atoms with Crippen molar-refractivity contribution >= 4 is 34.3 Å². The van der Waals surface area contributed by atoms with Gasteiger partial charge in [0.05, 0.1) is 18.2 Å². The molecule has 1 unspecified atom stereocenters. The minimum Gasteiger partial charge on any atom is -0.462 e. The summed E-state index contributed by atoms with van der Waals surface area (Å²) in [4.78, 5) is 40.9. The quantitative estimate of drug-likeness (QED) is 0.588. The van der Waals surface area contributed by atoms with Crippen molar-refractivity contribution in [2.75, 3.05) is 29.9 Å². The van der Waals surface area contributed by atoms with Crippen molar-refractivity contribution in [3.8, 4) is 11.3 Å². The molecule has 0 radical (unpaired) electrons. The molecule has 0 bridgehead atoms. The lowest BCUT2D eigenvalue weighted by Gasteiger charge is -2.31. The molecule has 1 saturated heterocycles. The van der Waals surface area contributed by atoms with Crippen LogP contribution in [-0.4, -0.2) is 46.5 Å². The maximum Gasteiger partial charge on any atom is 0.350 e. The van der Waals surface area contributed by atoms with Gasteiger partial charge in [-0.25, -0.2) is 19.7 Å². The number of hydrogen-bond acceptors (Lipinski definition) is 8. The van der Waals surface area contributed by atoms with E-state index in [-0.39, 0.29) is 18.4 Å². The summed E-state index contributed by atoms with van der Waals surface area (Å²) < 4.78 is 5.19. The van der Waals surface area contributed by atoms with Gasteiger partial charge in [0.15, 0.2) is 5.13 Å². The van der Waals surface area contributed by atoms with Crippen molar-refractivity contribution < 1.29 is 14.3 Å². The zero-order chi connectivity index (χ0) is 21.6. The van der Waals surface area contributed by atoms with E-state index in [1.807, 2.05) is 35.2 Å². The lowest BCUT2D eigenvalue weighted by molar-refractivity contribution is -0.120. The van der Waals surface area contributed by atoms with E-state index in [4.69, 9.17) is 4.74 Å². The maximum absolute atomic E-state index is 13.0. The van der Waals surface area contributed by atoms with Crippen LogP contribution in [0.25, 0.3) is 11.3 Å². The number of esters is 1. The Hall–Kier alpha value is -3.33. The first-order valence-corrected chi connectivity index (χ1v) is 11.0. The van der Waals surface area contributed by atoms with Crippen LogP contribution in [0.5, 0.6) is 0 Å². The van der Waals surface area contributed by atoms with E-state index in [0.29, 0.717) is 28.2 Å². The molecule has 1 amide bonds. The summed E-state index contributed by atoms with van der Waals surface area (Å²) in [5.74, 6) is -0.147. The number of nitrogens with one attached hydrogen (secondary N) is 1. The second-order valence-corrected chi connectivity index (χ2v) is 8.11. The van der Waals surface area contributed by atoms with Crippen LogP contribution < -0.4 is 10.2 Å². The Morgan fingerprint density at radius 2 is 1.97 bits per heavy atom. The van der Waals surface area contributed by atoms with Gasteiger partial charge in [0.1, 0.15) is 4.88 Å². The fourth-order valence-corrected chi connectivity index (χ4v) is 4.42. The molecule has 0 aliphatic carbocycles. The number of aromatic nitrogens is 3. The summed E-state index contributed by atoms with van der Waals surface area (Å²) in [6.07, 6.45) is 5.04. The monoisotopic (exact) mass is 437 g/mol. The van der Waals surface area contributed by atoms with Gasteiger partial charge in [-0.1, -0.05) is 41.7 Å². The van der Waals surface area contributed by atoms with Crippen molar-refractivity contribution in [1.82, 2.24) is 15.0 Å². The van der Waals surface area contributed by atoms with Gasteiger partial charge in [0.25, 0.3) is 0 Å². The normalized spacial score (nSPS) is 16.0. The molecule has 1 aliphatic rings. The summed E-state index contributed by atoms with van der Waals surface area (Å²) in [6, 6.07) is 11.2. The first kappa shape index (κ1) is 20.9. The van der Waals surface area contributed by atoms with E-state index in [2.05, 4.69) is 20.3 Å². The Kier molecular flexibility index (Phi) is 6.51. The predicted octanol–water partition coefficient (Wildman–Crippen LogP) is 3.63. The smallest absolute Gasteiger partial charge is 0.350 e. The Balaban J connectivity index is 1.52. The molecule has 31 heavy (non-hydrogen) atoms. The number of rotatable bonds is 6. The molecule has 1 N–H and O–H groups in total. The second kappa shape index (κ2) is 9.65. The lowest BCUT2D eigenvalue weighted by Crippen LogP contribution is -2.41. The van der Waals surface area contributed by atoms with Crippen LogP contribution >= 0.6 is 11.3 Å². The number of carbonyl (C=O) groups excluding carboxylic acids is 2. The molecule has 0 saturated carbocycles. The summed E-state index contributed by atoms with van der Waals surface area (Å²) in [5.41, 5.74) is 1.31. The average molecular weight is 438 g/mol. The number of amides is 1. The third-order valence-electron chi connectivity index (χ3n) is 4.99. The Bertz CT molecular complexity index is 1040. The van der Waals surface area contributed by atoms with Crippen LogP contribution in [0.3, 0.4) is 0 Å². The molecule has 1 atom stereocenters. The molecule has 3 aromatic rings. The summed E-state index contributed by atoms with van der Waals surface area (Å²) in [6.45, 7) is 3.38. The minimum atomic E-state index is -0.440. The van der Waals surface area contributed by atoms with E-state index in [9.17, 15) is 9.59 Å². The van der Waals surface area contributed by atoms with E-state index >= 15 is 0 Å². The lowest BCUT2D eigenvalue weighted by atomic mass is 9.97. The fraction of sp³-hybridized carbons (Fsp3) is 0.318. The minimum absolute atomic E-state index is 0.121. The van der Waals surface area contributed by atoms with Gasteiger partial charge in [-0.15, -0.1) is 0 Å². The van der Waals surface area contributed by atoms with Gasteiger partial charge in [-0.05, 0) is 25.8 Å². The standard InChI is InChI=1S/C22H23N5O3S/c1-2-30-20(29)18-17(15-8-4-3-5-9-15)25-22(31-18)26-19(28)16-10-6-13-27(14-16)21-23-11-7-12-24-21/h3-5,7-9,11-12,16H,2,6,10,13-14H2,1H3,(H,25,26,28). The molecule has 160 valence electrons. The first-order chi connectivity index (χ1) is 15.2. The predicted molar refractivity (Wildman–Crippen MR) is 119 cm³/mol. The van der Waals surface area contributed by atoms with Crippen LogP contribution in [0.1, 0.15) is 29.4 Å². The van der Waals surface area contributed by atoms with E-state index in [1.165, 1.54) is 0 Å². The van der Waals surface area contributed by atoms with Crippen LogP contribution in [-0.2, 0) is 9.53 Å². The van der Waals surface area contributed by atoms with Crippen LogP contribution in [0, 0.1) is 5.92 Å². The zero-order valence-electron chi connectivity index (χ0n) is 17.2. The summed E-state index contributed by atoms with van der Waals surface area (Å²) in [5, 5.41) is 3.29. The van der Waals surface area contributed by atoms with Gasteiger partial charge in [0, 0.05) is 31.0 Å². The molecule has 3 heterocycles. The summed E-state index contributed by atoms with van der Waals surface area (Å²) >= 11 is 1.14. The molecule has 2 aromatic heterocycles. The third kappa shape index (κ3) is 4.88. The number of nitrogens with zero attached hydrogens (tertiary/aromatic N) is 4. The van der Waals surface area contributed by atoms with Gasteiger partial charge in [-0.2, -0.15) is 0 Å². The van der Waals surface area contributed by atoms with Crippen molar-refractivity contribution in [2.24, 2.45) is 5.92 Å². The summed E-state index contributed by atoms with van der Waals surface area (Å²) in [7, 11) is 0. The topological polar surface area (TPSA) is 97.3 Å². The van der Waals surface area contributed by atoms with Gasteiger partial charge < -0.3 is 15.0 Å². The zero-order valence-corrected chi connectivity index (χ0v) is 18.0. The molecule has 1 aliphatic heterocycles. The van der Waals surface area contributed by atoms with Crippen molar-refractivity contribution in [3.05, 3.63) is 53.7 Å². The van der Waals surface area contributed by atoms with Crippen molar-refractivity contribution in [3.63, 3.8) is 0 Å². The largest absolute Gasteiger partial charge is 0.462 e. The highest BCUT2D eigenvalue weighted by molar-refractivity contribution is 7.18. The van der Waals surface area contributed by atoms with E-state index in [0.717, 1.165) is 36.3 Å². The van der Waals surface area contributed by atoms with Gasteiger partial charge in [0.2, 0.25) is 11.9 Å². The Labute approximate surface area is 184 Å². The highest BCUT2D eigenvalue weighted by Crippen LogP contribution is 2.32.